The zero-order valence-electron chi connectivity index (χ0n) is 12.2. The Morgan fingerprint density at radius 3 is 1.59 bits per heavy atom. The van der Waals surface area contributed by atoms with Crippen molar-refractivity contribution >= 4 is 23.3 Å². The first-order valence-electron chi connectivity index (χ1n) is 7.05. The number of aromatic nitrogens is 1. The number of pyridine rings is 1. The van der Waals surface area contributed by atoms with E-state index in [0.717, 1.165) is 0 Å². The first-order valence-corrected chi connectivity index (χ1v) is 9.07. The van der Waals surface area contributed by atoms with Crippen molar-refractivity contribution < 1.29 is 13.0 Å². The molecule has 0 aliphatic rings. The molecule has 0 saturated heterocycles. The van der Waals surface area contributed by atoms with Crippen molar-refractivity contribution in [2.45, 2.75) is 0 Å². The first-order chi connectivity index (χ1) is 10.5. The number of aryl methyl sites for hydroxylation is 1. The van der Waals surface area contributed by atoms with Gasteiger partial charge in [0.1, 0.15) is 0 Å². The Morgan fingerprint density at radius 1 is 0.682 bits per heavy atom. The van der Waals surface area contributed by atoms with Crippen LogP contribution in [0.4, 0.5) is 8.39 Å². The number of hydrogen-bond acceptors (Lipinski definition) is 0. The van der Waals surface area contributed by atoms with Crippen LogP contribution >= 0.6 is 7.22 Å². The second-order valence-corrected chi connectivity index (χ2v) is 8.55. The van der Waals surface area contributed by atoms with E-state index < -0.39 is 7.22 Å². The third kappa shape index (κ3) is 2.13. The van der Waals surface area contributed by atoms with E-state index in [2.05, 4.69) is 0 Å². The van der Waals surface area contributed by atoms with Crippen LogP contribution in [0.25, 0.3) is 0 Å². The van der Waals surface area contributed by atoms with Crippen LogP contribution in [-0.4, -0.2) is 0 Å². The van der Waals surface area contributed by atoms with Crippen LogP contribution in [0.3, 0.4) is 0 Å². The van der Waals surface area contributed by atoms with Crippen LogP contribution in [0.5, 0.6) is 0 Å². The Morgan fingerprint density at radius 2 is 1.14 bits per heavy atom. The molecule has 1 heterocycles. The molecule has 0 fully saturated rings. The van der Waals surface area contributed by atoms with E-state index in [1.807, 2.05) is 0 Å². The molecule has 0 radical (unpaired) electrons. The van der Waals surface area contributed by atoms with Crippen molar-refractivity contribution in [2.24, 2.45) is 7.05 Å². The summed E-state index contributed by atoms with van der Waals surface area (Å²) >= 11 is 0. The summed E-state index contributed by atoms with van der Waals surface area (Å²) < 4.78 is 34.3. The fourth-order valence-electron chi connectivity index (χ4n) is 2.72. The predicted octanol–water partition coefficient (Wildman–Crippen LogP) is 3.11. The second-order valence-electron chi connectivity index (χ2n) is 5.25. The van der Waals surface area contributed by atoms with Crippen LogP contribution in [0.2, 0.25) is 0 Å². The van der Waals surface area contributed by atoms with Crippen molar-refractivity contribution in [1.29, 1.82) is 0 Å². The molecule has 0 aliphatic carbocycles. The van der Waals surface area contributed by atoms with Crippen LogP contribution in [0.15, 0.2) is 85.1 Å². The summed E-state index contributed by atoms with van der Waals surface area (Å²) in [6, 6.07) is 21.3. The molecule has 0 bridgehead atoms. The van der Waals surface area contributed by atoms with Gasteiger partial charge in [-0.05, 0) is 0 Å². The predicted molar refractivity (Wildman–Crippen MR) is 88.5 cm³/mol. The molecule has 2 aromatic carbocycles. The van der Waals surface area contributed by atoms with Crippen LogP contribution in [-0.2, 0) is 7.05 Å². The number of benzene rings is 2. The number of rotatable bonds is 3. The molecular formula is C18H17F2NP+. The third-order valence-electron chi connectivity index (χ3n) is 3.85. The van der Waals surface area contributed by atoms with Crippen molar-refractivity contribution in [3.05, 3.63) is 85.1 Å². The van der Waals surface area contributed by atoms with Gasteiger partial charge in [0.05, 0.1) is 0 Å². The van der Waals surface area contributed by atoms with Crippen molar-refractivity contribution in [2.75, 3.05) is 0 Å². The second kappa shape index (κ2) is 5.26. The van der Waals surface area contributed by atoms with E-state index in [1.54, 1.807) is 61.8 Å². The summed E-state index contributed by atoms with van der Waals surface area (Å²) in [4.78, 5) is 0. The molecule has 0 saturated carbocycles. The zero-order valence-corrected chi connectivity index (χ0v) is 13.1. The van der Waals surface area contributed by atoms with Gasteiger partial charge in [-0.15, -0.1) is 0 Å². The monoisotopic (exact) mass is 316 g/mol. The Labute approximate surface area is 129 Å². The SMILES string of the molecule is C[n+]1ccccc1P(F)(F)(c1ccccc1)c1ccccc1. The van der Waals surface area contributed by atoms with Crippen molar-refractivity contribution in [3.63, 3.8) is 0 Å². The molecule has 3 aromatic rings. The van der Waals surface area contributed by atoms with E-state index in [4.69, 9.17) is 0 Å². The minimum atomic E-state index is -5.46. The average Bonchev–Trinajstić information content (AvgIpc) is 2.57. The fourth-order valence-corrected chi connectivity index (χ4v) is 5.90. The van der Waals surface area contributed by atoms with Crippen LogP contribution in [0, 0.1) is 0 Å². The average molecular weight is 316 g/mol. The summed E-state index contributed by atoms with van der Waals surface area (Å²) in [7, 11) is -3.79. The van der Waals surface area contributed by atoms with E-state index in [1.165, 1.54) is 34.9 Å². The Balaban J connectivity index is 2.41. The molecule has 3 rings (SSSR count). The molecule has 0 unspecified atom stereocenters. The molecule has 1 nitrogen and oxygen atoms in total. The van der Waals surface area contributed by atoms with Gasteiger partial charge in [-0.1, -0.05) is 0 Å². The van der Waals surface area contributed by atoms with Gasteiger partial charge >= 0.3 is 128 Å². The van der Waals surface area contributed by atoms with Gasteiger partial charge in [0.2, 0.25) is 0 Å². The van der Waals surface area contributed by atoms with E-state index >= 15 is 8.39 Å². The number of halogens is 2. The van der Waals surface area contributed by atoms with Gasteiger partial charge < -0.3 is 0 Å². The zero-order chi connectivity index (χ0) is 15.7. The summed E-state index contributed by atoms with van der Waals surface area (Å²) in [5, 5.41) is 0.169. The molecule has 0 atom stereocenters. The number of hydrogen-bond donors (Lipinski definition) is 0. The van der Waals surface area contributed by atoms with E-state index in [-0.39, 0.29) is 16.0 Å². The van der Waals surface area contributed by atoms with Crippen LogP contribution in [0.1, 0.15) is 0 Å². The third-order valence-corrected chi connectivity index (χ3v) is 7.53. The molecule has 0 spiro atoms. The quantitative estimate of drug-likeness (QED) is 0.516. The Hall–Kier alpha value is -2.12. The van der Waals surface area contributed by atoms with Gasteiger partial charge in [0, 0.05) is 0 Å². The number of nitrogens with zero attached hydrogens (tertiary/aromatic N) is 1. The summed E-state index contributed by atoms with van der Waals surface area (Å²) in [5.41, 5.74) is 0.0610. The van der Waals surface area contributed by atoms with Gasteiger partial charge in [-0.3, -0.25) is 0 Å². The maximum atomic E-state index is 16.4. The Bertz CT molecular complexity index is 745. The molecule has 0 N–H and O–H groups in total. The molecule has 22 heavy (non-hydrogen) atoms. The Kier molecular flexibility index (Phi) is 3.54. The topological polar surface area (TPSA) is 3.88 Å². The van der Waals surface area contributed by atoms with Crippen LogP contribution < -0.4 is 20.6 Å². The normalized spacial score (nSPS) is 13.3. The first kappa shape index (κ1) is 14.8. The summed E-state index contributed by atoms with van der Waals surface area (Å²) in [6.45, 7) is 0. The molecule has 0 aliphatic heterocycles. The summed E-state index contributed by atoms with van der Waals surface area (Å²) in [6.07, 6.45) is 1.67. The molecular weight excluding hydrogens is 299 g/mol. The van der Waals surface area contributed by atoms with Gasteiger partial charge in [0.25, 0.3) is 0 Å². The van der Waals surface area contributed by atoms with E-state index in [0.29, 0.717) is 0 Å². The van der Waals surface area contributed by atoms with Crippen molar-refractivity contribution in [1.82, 2.24) is 0 Å². The fraction of sp³-hybridized carbons (Fsp3) is 0.0556. The molecule has 4 heteroatoms. The molecule has 112 valence electrons. The standard InChI is InChI=1S/C18H17F2NP/c1-21-15-9-8-14-18(21)22(19,20,16-10-4-2-5-11-16)17-12-6-3-7-13-17/h2-15H,1H3/q+1. The van der Waals surface area contributed by atoms with Gasteiger partial charge in [0.15, 0.2) is 0 Å². The maximum absolute atomic E-state index is 16.4. The minimum absolute atomic E-state index is 0.0610. The van der Waals surface area contributed by atoms with Crippen molar-refractivity contribution in [3.8, 4) is 0 Å². The van der Waals surface area contributed by atoms with Gasteiger partial charge in [-0.2, -0.15) is 0 Å². The van der Waals surface area contributed by atoms with E-state index in [9.17, 15) is 0 Å². The van der Waals surface area contributed by atoms with Gasteiger partial charge in [-0.25, -0.2) is 0 Å². The summed E-state index contributed by atoms with van der Waals surface area (Å²) in [5.74, 6) is 0. The molecule has 0 amide bonds. The molecule has 1 aromatic heterocycles.